The Balaban J connectivity index is 1.83. The summed E-state index contributed by atoms with van der Waals surface area (Å²) < 4.78 is 0. The number of carbonyl (C=O) groups is 1. The van der Waals surface area contributed by atoms with E-state index in [-0.39, 0.29) is 11.9 Å². The molecule has 2 rings (SSSR count). The molecule has 1 aliphatic heterocycles. The molecule has 0 spiro atoms. The molecule has 22 heavy (non-hydrogen) atoms. The third-order valence-corrected chi connectivity index (χ3v) is 4.33. The Morgan fingerprint density at radius 1 is 1.09 bits per heavy atom. The predicted molar refractivity (Wildman–Crippen MR) is 92.3 cm³/mol. The molecule has 1 aliphatic rings. The van der Waals surface area contributed by atoms with Gasteiger partial charge in [-0.15, -0.1) is 0 Å². The quantitative estimate of drug-likeness (QED) is 0.906. The lowest BCUT2D eigenvalue weighted by atomic mass is 10.1. The number of piperazine rings is 1. The third-order valence-electron chi connectivity index (χ3n) is 4.33. The van der Waals surface area contributed by atoms with Crippen molar-refractivity contribution in [1.82, 2.24) is 10.2 Å². The van der Waals surface area contributed by atoms with Crippen LogP contribution in [0.3, 0.4) is 0 Å². The van der Waals surface area contributed by atoms with Crippen molar-refractivity contribution in [3.05, 3.63) is 29.8 Å². The zero-order valence-corrected chi connectivity index (χ0v) is 14.3. The summed E-state index contributed by atoms with van der Waals surface area (Å²) in [4.78, 5) is 16.8. The van der Waals surface area contributed by atoms with Gasteiger partial charge in [-0.2, -0.15) is 0 Å². The second kappa shape index (κ2) is 7.63. The lowest BCUT2D eigenvalue weighted by molar-refractivity contribution is -0.126. The van der Waals surface area contributed by atoms with Crippen molar-refractivity contribution in [1.29, 1.82) is 0 Å². The molecule has 1 aromatic rings. The van der Waals surface area contributed by atoms with Crippen molar-refractivity contribution in [2.75, 3.05) is 37.6 Å². The van der Waals surface area contributed by atoms with Crippen molar-refractivity contribution in [2.24, 2.45) is 5.92 Å². The van der Waals surface area contributed by atoms with Crippen LogP contribution < -0.4 is 10.2 Å². The average molecular weight is 303 g/mol. The highest BCUT2D eigenvalue weighted by atomic mass is 16.2. The number of carbonyl (C=O) groups excluding carboxylic acids is 1. The first-order valence-corrected chi connectivity index (χ1v) is 8.30. The maximum absolute atomic E-state index is 12.2. The molecule has 0 aliphatic carbocycles. The Kier molecular flexibility index (Phi) is 5.83. The topological polar surface area (TPSA) is 35.6 Å². The summed E-state index contributed by atoms with van der Waals surface area (Å²) in [5, 5.41) is 3.03. The predicted octanol–water partition coefficient (Wildman–Crippen LogP) is 2.28. The number of nitrogens with one attached hydrogen (secondary N) is 1. The Morgan fingerprint density at radius 3 is 2.23 bits per heavy atom. The monoisotopic (exact) mass is 303 g/mol. The van der Waals surface area contributed by atoms with E-state index in [4.69, 9.17) is 0 Å². The van der Waals surface area contributed by atoms with Crippen LogP contribution in [0.5, 0.6) is 0 Å². The molecule has 4 nitrogen and oxygen atoms in total. The number of benzene rings is 1. The average Bonchev–Trinajstić information content (AvgIpc) is 2.53. The largest absolute Gasteiger partial charge is 0.369 e. The standard InChI is InChI=1S/C18H29N3O/c1-14(2)13-19-18(22)16(4)20-9-11-21(12-10-20)17-7-5-15(3)6-8-17/h5-8,14,16H,9-13H2,1-4H3,(H,19,22). The van der Waals surface area contributed by atoms with Gasteiger partial charge in [0.15, 0.2) is 0 Å². The molecule has 0 saturated carbocycles. The maximum atomic E-state index is 12.2. The molecule has 1 aromatic carbocycles. The molecule has 1 heterocycles. The van der Waals surface area contributed by atoms with Gasteiger partial charge in [-0.1, -0.05) is 31.5 Å². The molecule has 1 fully saturated rings. The molecule has 122 valence electrons. The molecule has 0 bridgehead atoms. The van der Waals surface area contributed by atoms with Gasteiger partial charge in [0, 0.05) is 38.4 Å². The smallest absolute Gasteiger partial charge is 0.237 e. The van der Waals surface area contributed by atoms with Crippen LogP contribution in [0.15, 0.2) is 24.3 Å². The number of anilines is 1. The molecule has 1 unspecified atom stereocenters. The first-order chi connectivity index (χ1) is 10.5. The van der Waals surface area contributed by atoms with Crippen LogP contribution in [-0.4, -0.2) is 49.6 Å². The number of aryl methyl sites for hydroxylation is 1. The maximum Gasteiger partial charge on any atom is 0.237 e. The van der Waals surface area contributed by atoms with E-state index >= 15 is 0 Å². The van der Waals surface area contributed by atoms with Crippen LogP contribution in [0.2, 0.25) is 0 Å². The van der Waals surface area contributed by atoms with Crippen LogP contribution >= 0.6 is 0 Å². The van der Waals surface area contributed by atoms with E-state index in [0.29, 0.717) is 5.92 Å². The van der Waals surface area contributed by atoms with Gasteiger partial charge in [-0.3, -0.25) is 9.69 Å². The third kappa shape index (κ3) is 4.47. The van der Waals surface area contributed by atoms with E-state index in [2.05, 4.69) is 60.2 Å². The number of nitrogens with zero attached hydrogens (tertiary/aromatic N) is 2. The second-order valence-electron chi connectivity index (χ2n) is 6.67. The first-order valence-electron chi connectivity index (χ1n) is 8.30. The van der Waals surface area contributed by atoms with Crippen LogP contribution in [0.1, 0.15) is 26.3 Å². The fraction of sp³-hybridized carbons (Fsp3) is 0.611. The van der Waals surface area contributed by atoms with Gasteiger partial charge in [0.1, 0.15) is 0 Å². The minimum absolute atomic E-state index is 0.0427. The molecule has 4 heteroatoms. The van der Waals surface area contributed by atoms with Gasteiger partial charge >= 0.3 is 0 Å². The summed E-state index contributed by atoms with van der Waals surface area (Å²) >= 11 is 0. The molecule has 0 radical (unpaired) electrons. The van der Waals surface area contributed by atoms with E-state index in [0.717, 1.165) is 32.7 Å². The molecular formula is C18H29N3O. The van der Waals surface area contributed by atoms with Crippen molar-refractivity contribution < 1.29 is 4.79 Å². The Labute approximate surface area is 134 Å². The number of hydrogen-bond acceptors (Lipinski definition) is 3. The van der Waals surface area contributed by atoms with Crippen LogP contribution in [0.4, 0.5) is 5.69 Å². The van der Waals surface area contributed by atoms with Crippen LogP contribution in [-0.2, 0) is 4.79 Å². The van der Waals surface area contributed by atoms with Crippen LogP contribution in [0.25, 0.3) is 0 Å². The minimum atomic E-state index is -0.0427. The van der Waals surface area contributed by atoms with Crippen LogP contribution in [0, 0.1) is 12.8 Å². The van der Waals surface area contributed by atoms with Crippen molar-refractivity contribution in [3.63, 3.8) is 0 Å². The van der Waals surface area contributed by atoms with Gasteiger partial charge in [-0.25, -0.2) is 0 Å². The SMILES string of the molecule is Cc1ccc(N2CCN(C(C)C(=O)NCC(C)C)CC2)cc1. The molecule has 1 saturated heterocycles. The molecule has 1 atom stereocenters. The number of rotatable bonds is 5. The van der Waals surface area contributed by atoms with E-state index < -0.39 is 0 Å². The van der Waals surface area contributed by atoms with E-state index in [9.17, 15) is 4.79 Å². The van der Waals surface area contributed by atoms with Gasteiger partial charge < -0.3 is 10.2 Å². The highest BCUT2D eigenvalue weighted by Gasteiger charge is 2.25. The Bertz CT molecular complexity index is 476. The van der Waals surface area contributed by atoms with Gasteiger partial charge in [0.2, 0.25) is 5.91 Å². The fourth-order valence-corrected chi connectivity index (χ4v) is 2.74. The summed E-state index contributed by atoms with van der Waals surface area (Å²) in [6, 6.07) is 8.64. The van der Waals surface area contributed by atoms with Crippen molar-refractivity contribution in [3.8, 4) is 0 Å². The normalized spacial score (nSPS) is 17.6. The summed E-state index contributed by atoms with van der Waals surface area (Å²) in [5.41, 5.74) is 2.57. The van der Waals surface area contributed by atoms with E-state index in [1.165, 1.54) is 11.3 Å². The lowest BCUT2D eigenvalue weighted by Gasteiger charge is -2.38. The van der Waals surface area contributed by atoms with Crippen molar-refractivity contribution >= 4 is 11.6 Å². The van der Waals surface area contributed by atoms with Gasteiger partial charge in [0.05, 0.1) is 6.04 Å². The zero-order valence-electron chi connectivity index (χ0n) is 14.3. The molecular weight excluding hydrogens is 274 g/mol. The Hall–Kier alpha value is -1.55. The minimum Gasteiger partial charge on any atom is -0.369 e. The first kappa shape index (κ1) is 16.8. The number of hydrogen-bond donors (Lipinski definition) is 1. The zero-order chi connectivity index (χ0) is 16.1. The second-order valence-corrected chi connectivity index (χ2v) is 6.67. The summed E-state index contributed by atoms with van der Waals surface area (Å²) in [5.74, 6) is 0.645. The molecule has 1 amide bonds. The fourth-order valence-electron chi connectivity index (χ4n) is 2.74. The molecule has 0 aromatic heterocycles. The summed E-state index contributed by atoms with van der Waals surface area (Å²) in [7, 11) is 0. The highest BCUT2D eigenvalue weighted by molar-refractivity contribution is 5.81. The van der Waals surface area contributed by atoms with Crippen molar-refractivity contribution in [2.45, 2.75) is 33.7 Å². The lowest BCUT2D eigenvalue weighted by Crippen LogP contribution is -2.54. The van der Waals surface area contributed by atoms with E-state index in [1.807, 2.05) is 6.92 Å². The number of amides is 1. The summed E-state index contributed by atoms with van der Waals surface area (Å²) in [6.45, 7) is 12.9. The van der Waals surface area contributed by atoms with Gasteiger partial charge in [0.25, 0.3) is 0 Å². The molecule has 1 N–H and O–H groups in total. The summed E-state index contributed by atoms with van der Waals surface area (Å²) in [6.07, 6.45) is 0. The van der Waals surface area contributed by atoms with Gasteiger partial charge in [-0.05, 0) is 31.9 Å². The highest BCUT2D eigenvalue weighted by Crippen LogP contribution is 2.18. The van der Waals surface area contributed by atoms with E-state index in [1.54, 1.807) is 0 Å². The Morgan fingerprint density at radius 2 is 1.68 bits per heavy atom.